The molecule has 0 unspecified atom stereocenters. The van der Waals surface area contributed by atoms with Gasteiger partial charge in [-0.15, -0.1) is 0 Å². The lowest BCUT2D eigenvalue weighted by Gasteiger charge is -2.06. The summed E-state index contributed by atoms with van der Waals surface area (Å²) in [6, 6.07) is 18.3. The minimum Gasteiger partial charge on any atom is -0.299 e. The molecule has 0 aliphatic rings. The van der Waals surface area contributed by atoms with Gasteiger partial charge in [0.25, 0.3) is 0 Å². The molecule has 0 saturated carbocycles. The molecule has 120 valence electrons. The maximum absolute atomic E-state index is 13.6. The Balaban J connectivity index is 1.68. The van der Waals surface area contributed by atoms with E-state index in [1.807, 2.05) is 43.3 Å². The van der Waals surface area contributed by atoms with E-state index in [4.69, 9.17) is 0 Å². The van der Waals surface area contributed by atoms with Gasteiger partial charge in [-0.1, -0.05) is 42.5 Å². The zero-order valence-corrected chi connectivity index (χ0v) is 13.5. The second-order valence-electron chi connectivity index (χ2n) is 5.87. The number of halogens is 1. The molecule has 3 rings (SSSR count). The predicted molar refractivity (Wildman–Crippen MR) is 93.2 cm³/mol. The van der Waals surface area contributed by atoms with Gasteiger partial charge >= 0.3 is 0 Å². The van der Waals surface area contributed by atoms with Crippen LogP contribution in [-0.4, -0.2) is 10.8 Å². The van der Waals surface area contributed by atoms with Crippen LogP contribution in [0.4, 0.5) is 4.39 Å². The largest absolute Gasteiger partial charge is 0.299 e. The highest BCUT2D eigenvalue weighted by Gasteiger charge is 2.09. The van der Waals surface area contributed by atoms with E-state index in [0.717, 1.165) is 22.4 Å². The predicted octanol–water partition coefficient (Wildman–Crippen LogP) is 4.55. The minimum atomic E-state index is -0.325. The molecule has 0 spiro atoms. The minimum absolute atomic E-state index is 0.00704. The van der Waals surface area contributed by atoms with Crippen LogP contribution in [-0.2, 0) is 17.6 Å². The standard InChI is InChI=1S/C21H18FNO/c1-15-12-18(10-11-23-15)17-8-6-16(7-9-17)13-20(24)14-19-4-2-3-5-21(19)22/h2-12H,13-14H2,1H3. The first-order chi connectivity index (χ1) is 11.6. The molecule has 2 nitrogen and oxygen atoms in total. The van der Waals surface area contributed by atoms with Crippen LogP contribution in [0.25, 0.3) is 11.1 Å². The molecule has 0 saturated heterocycles. The number of carbonyl (C=O) groups is 1. The fourth-order valence-electron chi connectivity index (χ4n) is 2.68. The molecule has 1 heterocycles. The Kier molecular flexibility index (Phi) is 4.80. The molecule has 0 bridgehead atoms. The van der Waals surface area contributed by atoms with Crippen LogP contribution < -0.4 is 0 Å². The van der Waals surface area contributed by atoms with Crippen molar-refractivity contribution in [2.75, 3.05) is 0 Å². The number of hydrogen-bond donors (Lipinski definition) is 0. The lowest BCUT2D eigenvalue weighted by atomic mass is 9.99. The molecule has 0 amide bonds. The Morgan fingerprint density at radius 3 is 2.42 bits per heavy atom. The van der Waals surface area contributed by atoms with Gasteiger partial charge in [-0.3, -0.25) is 9.78 Å². The second-order valence-corrected chi connectivity index (χ2v) is 5.87. The molecule has 3 heteroatoms. The molecule has 3 aromatic rings. The Morgan fingerprint density at radius 2 is 1.71 bits per heavy atom. The van der Waals surface area contributed by atoms with Crippen molar-refractivity contribution in [3.63, 3.8) is 0 Å². The lowest BCUT2D eigenvalue weighted by Crippen LogP contribution is -2.07. The van der Waals surface area contributed by atoms with Crippen molar-refractivity contribution in [2.24, 2.45) is 0 Å². The van der Waals surface area contributed by atoms with Crippen molar-refractivity contribution in [3.8, 4) is 11.1 Å². The summed E-state index contributed by atoms with van der Waals surface area (Å²) in [5, 5.41) is 0. The Morgan fingerprint density at radius 1 is 0.958 bits per heavy atom. The number of benzene rings is 2. The normalized spacial score (nSPS) is 10.6. The third-order valence-electron chi connectivity index (χ3n) is 3.93. The van der Waals surface area contributed by atoms with Gasteiger partial charge in [-0.25, -0.2) is 4.39 Å². The quantitative estimate of drug-likeness (QED) is 0.690. The van der Waals surface area contributed by atoms with E-state index < -0.39 is 0 Å². The Labute approximate surface area is 141 Å². The van der Waals surface area contributed by atoms with Crippen LogP contribution in [0.3, 0.4) is 0 Å². The van der Waals surface area contributed by atoms with Gasteiger partial charge in [-0.2, -0.15) is 0 Å². The van der Waals surface area contributed by atoms with E-state index in [2.05, 4.69) is 4.98 Å². The van der Waals surface area contributed by atoms with E-state index in [0.29, 0.717) is 12.0 Å². The smallest absolute Gasteiger partial charge is 0.141 e. The van der Waals surface area contributed by atoms with Crippen molar-refractivity contribution >= 4 is 5.78 Å². The van der Waals surface area contributed by atoms with Crippen molar-refractivity contribution in [1.82, 2.24) is 4.98 Å². The number of rotatable bonds is 5. The molecule has 0 radical (unpaired) electrons. The average molecular weight is 319 g/mol. The highest BCUT2D eigenvalue weighted by atomic mass is 19.1. The zero-order chi connectivity index (χ0) is 16.9. The SMILES string of the molecule is Cc1cc(-c2ccc(CC(=O)Cc3ccccc3F)cc2)ccn1. The van der Waals surface area contributed by atoms with Crippen molar-refractivity contribution in [2.45, 2.75) is 19.8 Å². The summed E-state index contributed by atoms with van der Waals surface area (Å²) < 4.78 is 13.6. The Bertz CT molecular complexity index is 856. The second kappa shape index (κ2) is 7.18. The van der Waals surface area contributed by atoms with E-state index in [9.17, 15) is 9.18 Å². The van der Waals surface area contributed by atoms with Crippen LogP contribution in [0.5, 0.6) is 0 Å². The van der Waals surface area contributed by atoms with Crippen LogP contribution in [0, 0.1) is 12.7 Å². The number of pyridine rings is 1. The zero-order valence-electron chi connectivity index (χ0n) is 13.5. The van der Waals surface area contributed by atoms with E-state index in [1.165, 1.54) is 6.07 Å². The number of hydrogen-bond acceptors (Lipinski definition) is 2. The van der Waals surface area contributed by atoms with Crippen LogP contribution >= 0.6 is 0 Å². The first-order valence-corrected chi connectivity index (χ1v) is 7.89. The van der Waals surface area contributed by atoms with E-state index in [-0.39, 0.29) is 18.0 Å². The molecule has 0 N–H and O–H groups in total. The first-order valence-electron chi connectivity index (χ1n) is 7.89. The number of ketones is 1. The van der Waals surface area contributed by atoms with Gasteiger partial charge in [0, 0.05) is 24.7 Å². The van der Waals surface area contributed by atoms with Crippen LogP contribution in [0.15, 0.2) is 66.9 Å². The van der Waals surface area contributed by atoms with Crippen LogP contribution in [0.1, 0.15) is 16.8 Å². The topological polar surface area (TPSA) is 30.0 Å². The van der Waals surface area contributed by atoms with Gasteiger partial charge in [0.2, 0.25) is 0 Å². The summed E-state index contributed by atoms with van der Waals surface area (Å²) >= 11 is 0. The van der Waals surface area contributed by atoms with Gasteiger partial charge in [0.05, 0.1) is 0 Å². The summed E-state index contributed by atoms with van der Waals surface area (Å²) in [4.78, 5) is 16.4. The number of carbonyl (C=O) groups excluding carboxylic acids is 1. The van der Waals surface area contributed by atoms with Crippen LogP contribution in [0.2, 0.25) is 0 Å². The van der Waals surface area contributed by atoms with E-state index in [1.54, 1.807) is 24.4 Å². The molecule has 2 aromatic carbocycles. The Hall–Kier alpha value is -2.81. The van der Waals surface area contributed by atoms with Crippen molar-refractivity contribution < 1.29 is 9.18 Å². The maximum atomic E-state index is 13.6. The van der Waals surface area contributed by atoms with Gasteiger partial charge in [0.15, 0.2) is 0 Å². The molecule has 0 aliphatic carbocycles. The fraction of sp³-hybridized carbons (Fsp3) is 0.143. The third-order valence-corrected chi connectivity index (χ3v) is 3.93. The summed E-state index contributed by atoms with van der Waals surface area (Å²) in [5.41, 5.74) is 4.55. The highest BCUT2D eigenvalue weighted by molar-refractivity contribution is 5.83. The molecular formula is C21H18FNO. The first kappa shape index (κ1) is 16.1. The third kappa shape index (κ3) is 3.93. The number of Topliss-reactive ketones (excluding diaryl/α,β-unsaturated/α-hetero) is 1. The summed E-state index contributed by atoms with van der Waals surface area (Å²) in [6.45, 7) is 1.96. The highest BCUT2D eigenvalue weighted by Crippen LogP contribution is 2.20. The average Bonchev–Trinajstić information content (AvgIpc) is 2.58. The number of aromatic nitrogens is 1. The number of nitrogens with zero attached hydrogens (tertiary/aromatic N) is 1. The fourth-order valence-corrected chi connectivity index (χ4v) is 2.68. The molecule has 1 aromatic heterocycles. The summed E-state index contributed by atoms with van der Waals surface area (Å²) in [5.74, 6) is -0.318. The van der Waals surface area contributed by atoms with Gasteiger partial charge in [0.1, 0.15) is 11.6 Å². The maximum Gasteiger partial charge on any atom is 0.141 e. The molecule has 0 fully saturated rings. The lowest BCUT2D eigenvalue weighted by molar-refractivity contribution is -0.117. The van der Waals surface area contributed by atoms with E-state index >= 15 is 0 Å². The molecule has 0 atom stereocenters. The van der Waals surface area contributed by atoms with Gasteiger partial charge < -0.3 is 0 Å². The van der Waals surface area contributed by atoms with Gasteiger partial charge in [-0.05, 0) is 47.4 Å². The summed E-state index contributed by atoms with van der Waals surface area (Å²) in [7, 11) is 0. The summed E-state index contributed by atoms with van der Waals surface area (Å²) in [6.07, 6.45) is 2.22. The molecule has 0 aliphatic heterocycles. The molecular weight excluding hydrogens is 301 g/mol. The number of aryl methyl sites for hydroxylation is 1. The molecule has 24 heavy (non-hydrogen) atoms. The monoisotopic (exact) mass is 319 g/mol. The van der Waals surface area contributed by atoms with Crippen molar-refractivity contribution in [1.29, 1.82) is 0 Å². The van der Waals surface area contributed by atoms with Crippen molar-refractivity contribution in [3.05, 3.63) is 89.5 Å².